The minimum Gasteiger partial charge on any atom is -0.465 e. The van der Waals surface area contributed by atoms with Gasteiger partial charge in [-0.2, -0.15) is 0 Å². The van der Waals surface area contributed by atoms with Crippen LogP contribution in [-0.4, -0.2) is 50.2 Å². The SMILES string of the molecule is CCCCOC(=O)CN1CCCC2(CCCNC2)C1. The highest BCUT2D eigenvalue weighted by Gasteiger charge is 2.36. The number of piperidine rings is 2. The molecule has 0 aromatic heterocycles. The van der Waals surface area contributed by atoms with Gasteiger partial charge in [0.1, 0.15) is 0 Å². The maximum absolute atomic E-state index is 11.8. The molecule has 2 saturated heterocycles. The van der Waals surface area contributed by atoms with Gasteiger partial charge in [0, 0.05) is 13.1 Å². The first-order chi connectivity index (χ1) is 9.24. The van der Waals surface area contributed by atoms with Gasteiger partial charge in [-0.15, -0.1) is 0 Å². The summed E-state index contributed by atoms with van der Waals surface area (Å²) < 4.78 is 5.26. The number of nitrogens with one attached hydrogen (secondary N) is 1. The van der Waals surface area contributed by atoms with E-state index in [1.54, 1.807) is 0 Å². The number of esters is 1. The Labute approximate surface area is 116 Å². The Morgan fingerprint density at radius 1 is 1.37 bits per heavy atom. The molecule has 4 nitrogen and oxygen atoms in total. The largest absolute Gasteiger partial charge is 0.465 e. The van der Waals surface area contributed by atoms with E-state index in [-0.39, 0.29) is 5.97 Å². The van der Waals surface area contributed by atoms with Crippen LogP contribution in [0, 0.1) is 5.41 Å². The van der Waals surface area contributed by atoms with Crippen LogP contribution < -0.4 is 5.32 Å². The van der Waals surface area contributed by atoms with Crippen LogP contribution in [0.1, 0.15) is 45.4 Å². The van der Waals surface area contributed by atoms with E-state index in [4.69, 9.17) is 4.74 Å². The first kappa shape index (κ1) is 14.8. The third-order valence-electron chi connectivity index (χ3n) is 4.41. The maximum Gasteiger partial charge on any atom is 0.320 e. The van der Waals surface area contributed by atoms with E-state index < -0.39 is 0 Å². The number of likely N-dealkylation sites (tertiary alicyclic amines) is 1. The Morgan fingerprint density at radius 3 is 2.95 bits per heavy atom. The number of rotatable bonds is 5. The fraction of sp³-hybridized carbons (Fsp3) is 0.933. The number of unbranched alkanes of at least 4 members (excludes halogenated alkanes) is 1. The zero-order valence-electron chi connectivity index (χ0n) is 12.2. The number of ether oxygens (including phenoxy) is 1. The van der Waals surface area contributed by atoms with Crippen molar-refractivity contribution < 1.29 is 9.53 Å². The quantitative estimate of drug-likeness (QED) is 0.610. The Bertz CT molecular complexity index is 282. The summed E-state index contributed by atoms with van der Waals surface area (Å²) in [5.74, 6) is -0.0470. The van der Waals surface area contributed by atoms with E-state index in [0.29, 0.717) is 18.6 Å². The fourth-order valence-corrected chi connectivity index (χ4v) is 3.38. The second-order valence-electron chi connectivity index (χ2n) is 6.17. The van der Waals surface area contributed by atoms with Crippen LogP contribution >= 0.6 is 0 Å². The molecule has 2 rings (SSSR count). The van der Waals surface area contributed by atoms with Crippen molar-refractivity contribution in [3.05, 3.63) is 0 Å². The zero-order valence-corrected chi connectivity index (χ0v) is 12.2. The lowest BCUT2D eigenvalue weighted by Gasteiger charge is -2.45. The summed E-state index contributed by atoms with van der Waals surface area (Å²) in [5.41, 5.74) is 0.417. The average Bonchev–Trinajstić information content (AvgIpc) is 2.40. The Kier molecular flexibility index (Phi) is 5.64. The molecule has 4 heteroatoms. The summed E-state index contributed by atoms with van der Waals surface area (Å²) in [4.78, 5) is 14.1. The van der Waals surface area contributed by atoms with Crippen molar-refractivity contribution in [2.75, 3.05) is 39.3 Å². The van der Waals surface area contributed by atoms with Gasteiger partial charge >= 0.3 is 5.97 Å². The minimum absolute atomic E-state index is 0.0470. The molecule has 0 amide bonds. The first-order valence-electron chi connectivity index (χ1n) is 7.83. The molecule has 0 aromatic rings. The van der Waals surface area contributed by atoms with Crippen LogP contribution in [0.2, 0.25) is 0 Å². The summed E-state index contributed by atoms with van der Waals surface area (Å²) in [7, 11) is 0. The van der Waals surface area contributed by atoms with Crippen LogP contribution in [0.4, 0.5) is 0 Å². The van der Waals surface area contributed by atoms with Crippen molar-refractivity contribution >= 4 is 5.97 Å². The third kappa shape index (κ3) is 4.46. The van der Waals surface area contributed by atoms with Gasteiger partial charge in [0.2, 0.25) is 0 Å². The van der Waals surface area contributed by atoms with Gasteiger partial charge in [-0.1, -0.05) is 13.3 Å². The van der Waals surface area contributed by atoms with Crippen molar-refractivity contribution in [3.8, 4) is 0 Å². The second kappa shape index (κ2) is 7.25. The van der Waals surface area contributed by atoms with Crippen molar-refractivity contribution in [1.82, 2.24) is 10.2 Å². The number of nitrogens with zero attached hydrogens (tertiary/aromatic N) is 1. The molecular weight excluding hydrogens is 240 g/mol. The molecule has 2 aliphatic rings. The standard InChI is InChI=1S/C15H28N2O2/c1-2-3-10-19-14(18)11-17-9-5-7-15(13-17)6-4-8-16-12-15/h16H,2-13H2,1H3. The summed E-state index contributed by atoms with van der Waals surface area (Å²) >= 11 is 0. The normalized spacial score (nSPS) is 28.5. The predicted molar refractivity (Wildman–Crippen MR) is 76.1 cm³/mol. The van der Waals surface area contributed by atoms with Gasteiger partial charge in [-0.3, -0.25) is 9.69 Å². The highest BCUT2D eigenvalue weighted by Crippen LogP contribution is 2.35. The lowest BCUT2D eigenvalue weighted by molar-refractivity contribution is -0.146. The van der Waals surface area contributed by atoms with E-state index in [9.17, 15) is 4.79 Å². The first-order valence-corrected chi connectivity index (χ1v) is 7.83. The van der Waals surface area contributed by atoms with Crippen molar-refractivity contribution in [2.45, 2.75) is 45.4 Å². The highest BCUT2D eigenvalue weighted by molar-refractivity contribution is 5.71. The zero-order chi connectivity index (χ0) is 13.6. The monoisotopic (exact) mass is 268 g/mol. The summed E-state index contributed by atoms with van der Waals surface area (Å²) in [6.45, 7) is 7.54. The van der Waals surface area contributed by atoms with Gasteiger partial charge in [0.05, 0.1) is 13.2 Å². The number of carbonyl (C=O) groups is 1. The van der Waals surface area contributed by atoms with Crippen molar-refractivity contribution in [1.29, 1.82) is 0 Å². The molecule has 0 bridgehead atoms. The molecular formula is C15H28N2O2. The van der Waals surface area contributed by atoms with Crippen LogP contribution in [0.5, 0.6) is 0 Å². The van der Waals surface area contributed by atoms with E-state index >= 15 is 0 Å². The number of hydrogen-bond acceptors (Lipinski definition) is 4. The summed E-state index contributed by atoms with van der Waals surface area (Å²) in [6, 6.07) is 0. The summed E-state index contributed by atoms with van der Waals surface area (Å²) in [5, 5.41) is 3.52. The molecule has 1 unspecified atom stereocenters. The average molecular weight is 268 g/mol. The van der Waals surface area contributed by atoms with Crippen LogP contribution in [0.15, 0.2) is 0 Å². The van der Waals surface area contributed by atoms with E-state index in [1.807, 2.05) is 0 Å². The van der Waals surface area contributed by atoms with E-state index in [2.05, 4.69) is 17.1 Å². The number of hydrogen-bond donors (Lipinski definition) is 1. The Hall–Kier alpha value is -0.610. The lowest BCUT2D eigenvalue weighted by Crippen LogP contribution is -2.52. The molecule has 2 fully saturated rings. The Morgan fingerprint density at radius 2 is 2.21 bits per heavy atom. The lowest BCUT2D eigenvalue weighted by atomic mass is 9.74. The summed E-state index contributed by atoms with van der Waals surface area (Å²) in [6.07, 6.45) is 7.15. The van der Waals surface area contributed by atoms with Crippen LogP contribution in [0.3, 0.4) is 0 Å². The van der Waals surface area contributed by atoms with Crippen LogP contribution in [0.25, 0.3) is 0 Å². The fourth-order valence-electron chi connectivity index (χ4n) is 3.38. The smallest absolute Gasteiger partial charge is 0.320 e. The molecule has 110 valence electrons. The number of carbonyl (C=O) groups excluding carboxylic acids is 1. The topological polar surface area (TPSA) is 41.6 Å². The van der Waals surface area contributed by atoms with Gasteiger partial charge in [0.15, 0.2) is 0 Å². The molecule has 0 aromatic carbocycles. The molecule has 0 aliphatic carbocycles. The molecule has 2 aliphatic heterocycles. The molecule has 19 heavy (non-hydrogen) atoms. The van der Waals surface area contributed by atoms with Crippen molar-refractivity contribution in [2.24, 2.45) is 5.41 Å². The highest BCUT2D eigenvalue weighted by atomic mass is 16.5. The van der Waals surface area contributed by atoms with Gasteiger partial charge in [-0.05, 0) is 50.6 Å². The maximum atomic E-state index is 11.8. The second-order valence-corrected chi connectivity index (χ2v) is 6.17. The van der Waals surface area contributed by atoms with E-state index in [0.717, 1.165) is 39.0 Å². The molecule has 1 atom stereocenters. The van der Waals surface area contributed by atoms with Crippen molar-refractivity contribution in [3.63, 3.8) is 0 Å². The van der Waals surface area contributed by atoms with Gasteiger partial charge in [0.25, 0.3) is 0 Å². The predicted octanol–water partition coefficient (Wildman–Crippen LogP) is 1.80. The molecule has 2 heterocycles. The van der Waals surface area contributed by atoms with E-state index in [1.165, 1.54) is 25.7 Å². The minimum atomic E-state index is -0.0470. The molecule has 0 saturated carbocycles. The molecule has 1 spiro atoms. The van der Waals surface area contributed by atoms with Crippen LogP contribution in [-0.2, 0) is 9.53 Å². The Balaban J connectivity index is 1.75. The van der Waals surface area contributed by atoms with Gasteiger partial charge < -0.3 is 10.1 Å². The molecule has 0 radical (unpaired) electrons. The van der Waals surface area contributed by atoms with Gasteiger partial charge in [-0.25, -0.2) is 0 Å². The molecule has 1 N–H and O–H groups in total. The third-order valence-corrected chi connectivity index (χ3v) is 4.41.